The first-order valence-electron chi connectivity index (χ1n) is 6.59. The molecule has 6 heteroatoms. The Hall–Kier alpha value is -2.37. The summed E-state index contributed by atoms with van der Waals surface area (Å²) in [6.45, 7) is 2.41. The lowest BCUT2D eigenvalue weighted by Crippen LogP contribution is -2.22. The molecule has 0 aromatic carbocycles. The van der Waals surface area contributed by atoms with E-state index in [-0.39, 0.29) is 5.91 Å². The molecule has 0 unspecified atom stereocenters. The van der Waals surface area contributed by atoms with E-state index >= 15 is 0 Å². The predicted molar refractivity (Wildman–Crippen MR) is 75.5 cm³/mol. The van der Waals surface area contributed by atoms with Crippen molar-refractivity contribution in [2.45, 2.75) is 26.3 Å². The van der Waals surface area contributed by atoms with Crippen molar-refractivity contribution in [2.75, 3.05) is 12.4 Å². The highest BCUT2D eigenvalue weighted by Gasteiger charge is 2.09. The van der Waals surface area contributed by atoms with Gasteiger partial charge in [0.1, 0.15) is 5.82 Å². The largest absolute Gasteiger partial charge is 0.373 e. The second-order valence-electron chi connectivity index (χ2n) is 4.40. The van der Waals surface area contributed by atoms with Crippen molar-refractivity contribution in [1.29, 1.82) is 0 Å². The number of pyridine rings is 1. The molecule has 6 nitrogen and oxygen atoms in total. The predicted octanol–water partition coefficient (Wildman–Crippen LogP) is 1.99. The minimum atomic E-state index is -0.169. The Kier molecular flexibility index (Phi) is 4.70. The van der Waals surface area contributed by atoms with Crippen molar-refractivity contribution in [3.8, 4) is 0 Å². The van der Waals surface area contributed by atoms with Crippen LogP contribution >= 0.6 is 0 Å². The molecule has 106 valence electrons. The molecule has 0 bridgehead atoms. The molecular formula is C14H18N4O2. The summed E-state index contributed by atoms with van der Waals surface area (Å²) < 4.78 is 5.16. The SMILES string of the molecule is CCCc1cc(CNC(=O)c2ccnc(NC)c2)on1. The summed E-state index contributed by atoms with van der Waals surface area (Å²) in [7, 11) is 1.76. The van der Waals surface area contributed by atoms with Gasteiger partial charge in [0.15, 0.2) is 5.76 Å². The van der Waals surface area contributed by atoms with Gasteiger partial charge in [-0.05, 0) is 18.6 Å². The molecule has 2 rings (SSSR count). The van der Waals surface area contributed by atoms with Crippen molar-refractivity contribution in [2.24, 2.45) is 0 Å². The monoisotopic (exact) mass is 274 g/mol. The van der Waals surface area contributed by atoms with Crippen molar-refractivity contribution in [3.05, 3.63) is 41.4 Å². The summed E-state index contributed by atoms with van der Waals surface area (Å²) in [5.74, 6) is 1.14. The standard InChI is InChI=1S/C14H18N4O2/c1-3-4-11-8-12(20-18-11)9-17-14(19)10-5-6-16-13(7-10)15-2/h5-8H,3-4,9H2,1-2H3,(H,15,16)(H,17,19). The van der Waals surface area contributed by atoms with Crippen LogP contribution in [0.2, 0.25) is 0 Å². The van der Waals surface area contributed by atoms with Crippen molar-refractivity contribution < 1.29 is 9.32 Å². The van der Waals surface area contributed by atoms with E-state index in [4.69, 9.17) is 4.52 Å². The van der Waals surface area contributed by atoms with Crippen LogP contribution in [0.25, 0.3) is 0 Å². The number of hydrogen-bond donors (Lipinski definition) is 2. The highest BCUT2D eigenvalue weighted by molar-refractivity contribution is 5.94. The molecule has 0 saturated heterocycles. The molecule has 0 aliphatic rings. The number of amides is 1. The molecule has 0 saturated carbocycles. The fourth-order valence-electron chi connectivity index (χ4n) is 1.79. The maximum absolute atomic E-state index is 12.0. The van der Waals surface area contributed by atoms with E-state index in [0.717, 1.165) is 18.5 Å². The highest BCUT2D eigenvalue weighted by atomic mass is 16.5. The number of carbonyl (C=O) groups is 1. The second-order valence-corrected chi connectivity index (χ2v) is 4.40. The number of rotatable bonds is 6. The lowest BCUT2D eigenvalue weighted by Gasteiger charge is -2.04. The fraction of sp³-hybridized carbons (Fsp3) is 0.357. The first-order chi connectivity index (χ1) is 9.72. The Balaban J connectivity index is 1.93. The topological polar surface area (TPSA) is 80.0 Å². The lowest BCUT2D eigenvalue weighted by molar-refractivity contribution is 0.0947. The van der Waals surface area contributed by atoms with E-state index < -0.39 is 0 Å². The zero-order valence-electron chi connectivity index (χ0n) is 11.6. The molecule has 0 radical (unpaired) electrons. The number of nitrogens with one attached hydrogen (secondary N) is 2. The van der Waals surface area contributed by atoms with E-state index in [1.165, 1.54) is 0 Å². The van der Waals surface area contributed by atoms with Crippen LogP contribution in [0.1, 0.15) is 35.2 Å². The third kappa shape index (κ3) is 3.57. The Bertz CT molecular complexity index is 580. The van der Waals surface area contributed by atoms with Crippen molar-refractivity contribution >= 4 is 11.7 Å². The lowest BCUT2D eigenvalue weighted by atomic mass is 10.2. The first kappa shape index (κ1) is 14.0. The van der Waals surface area contributed by atoms with Gasteiger partial charge in [-0.3, -0.25) is 4.79 Å². The first-order valence-corrected chi connectivity index (χ1v) is 6.59. The quantitative estimate of drug-likeness (QED) is 0.842. The van der Waals surface area contributed by atoms with Crippen molar-refractivity contribution in [3.63, 3.8) is 0 Å². The number of nitrogens with zero attached hydrogens (tertiary/aromatic N) is 2. The normalized spacial score (nSPS) is 10.3. The molecule has 0 fully saturated rings. The minimum absolute atomic E-state index is 0.169. The second kappa shape index (κ2) is 6.70. The van der Waals surface area contributed by atoms with Gasteiger partial charge in [-0.1, -0.05) is 18.5 Å². The average Bonchev–Trinajstić information content (AvgIpc) is 2.93. The van der Waals surface area contributed by atoms with Gasteiger partial charge in [-0.15, -0.1) is 0 Å². The van der Waals surface area contributed by atoms with Crippen LogP contribution in [0.5, 0.6) is 0 Å². The van der Waals surface area contributed by atoms with Crippen LogP contribution in [-0.2, 0) is 13.0 Å². The molecule has 0 aliphatic heterocycles. The van der Waals surface area contributed by atoms with Crippen LogP contribution in [0.15, 0.2) is 28.9 Å². The summed E-state index contributed by atoms with van der Waals surface area (Å²) in [6, 6.07) is 5.23. The van der Waals surface area contributed by atoms with E-state index in [2.05, 4.69) is 27.7 Å². The van der Waals surface area contributed by atoms with Gasteiger partial charge in [-0.25, -0.2) is 4.98 Å². The molecule has 0 atom stereocenters. The molecule has 1 amide bonds. The Morgan fingerprint density at radius 3 is 3.00 bits per heavy atom. The van der Waals surface area contributed by atoms with E-state index in [9.17, 15) is 4.79 Å². The Labute approximate surface area is 117 Å². The van der Waals surface area contributed by atoms with Crippen LogP contribution in [0.4, 0.5) is 5.82 Å². The van der Waals surface area contributed by atoms with Gasteiger partial charge in [0, 0.05) is 24.9 Å². The summed E-state index contributed by atoms with van der Waals surface area (Å²) in [6.07, 6.45) is 3.49. The fourth-order valence-corrected chi connectivity index (χ4v) is 1.79. The number of aromatic nitrogens is 2. The summed E-state index contributed by atoms with van der Waals surface area (Å²) in [5, 5.41) is 9.63. The Morgan fingerprint density at radius 1 is 1.40 bits per heavy atom. The highest BCUT2D eigenvalue weighted by Crippen LogP contribution is 2.08. The van der Waals surface area contributed by atoms with Gasteiger partial charge in [0.25, 0.3) is 5.91 Å². The average molecular weight is 274 g/mol. The molecule has 2 heterocycles. The summed E-state index contributed by atoms with van der Waals surface area (Å²) >= 11 is 0. The smallest absolute Gasteiger partial charge is 0.251 e. The minimum Gasteiger partial charge on any atom is -0.373 e. The summed E-state index contributed by atoms with van der Waals surface area (Å²) in [5.41, 5.74) is 1.47. The molecule has 20 heavy (non-hydrogen) atoms. The number of anilines is 1. The number of hydrogen-bond acceptors (Lipinski definition) is 5. The zero-order chi connectivity index (χ0) is 14.4. The van der Waals surface area contributed by atoms with Crippen LogP contribution in [0.3, 0.4) is 0 Å². The van der Waals surface area contributed by atoms with Crippen LogP contribution < -0.4 is 10.6 Å². The van der Waals surface area contributed by atoms with Gasteiger partial charge in [0.2, 0.25) is 0 Å². The molecule has 0 spiro atoms. The van der Waals surface area contributed by atoms with Crippen LogP contribution in [-0.4, -0.2) is 23.1 Å². The zero-order valence-corrected chi connectivity index (χ0v) is 11.6. The number of carbonyl (C=O) groups excluding carboxylic acids is 1. The van der Waals surface area contributed by atoms with Gasteiger partial charge in [0.05, 0.1) is 12.2 Å². The molecule has 2 N–H and O–H groups in total. The molecule has 0 aliphatic carbocycles. The molecule has 2 aromatic heterocycles. The van der Waals surface area contributed by atoms with Gasteiger partial charge in [-0.2, -0.15) is 0 Å². The maximum Gasteiger partial charge on any atom is 0.251 e. The maximum atomic E-state index is 12.0. The third-order valence-corrected chi connectivity index (χ3v) is 2.82. The van der Waals surface area contributed by atoms with Crippen molar-refractivity contribution in [1.82, 2.24) is 15.5 Å². The third-order valence-electron chi connectivity index (χ3n) is 2.82. The molecule has 2 aromatic rings. The van der Waals surface area contributed by atoms with E-state index in [1.54, 1.807) is 25.4 Å². The molecular weight excluding hydrogens is 256 g/mol. The van der Waals surface area contributed by atoms with Gasteiger partial charge >= 0.3 is 0 Å². The van der Waals surface area contributed by atoms with E-state index in [0.29, 0.717) is 23.7 Å². The van der Waals surface area contributed by atoms with E-state index in [1.807, 2.05) is 6.07 Å². The van der Waals surface area contributed by atoms with Gasteiger partial charge < -0.3 is 15.2 Å². The summed E-state index contributed by atoms with van der Waals surface area (Å²) in [4.78, 5) is 16.1. The number of aryl methyl sites for hydroxylation is 1. The van der Waals surface area contributed by atoms with Crippen LogP contribution in [0, 0.1) is 0 Å². The Morgan fingerprint density at radius 2 is 2.25 bits per heavy atom.